The number of H-pyrrole nitrogens is 1. The van der Waals surface area contributed by atoms with Crippen LogP contribution in [0.4, 0.5) is 0 Å². The molecule has 0 aliphatic heterocycles. The van der Waals surface area contributed by atoms with Gasteiger partial charge >= 0.3 is 11.9 Å². The maximum atomic E-state index is 13.2. The number of rotatable bonds is 15. The summed E-state index contributed by atoms with van der Waals surface area (Å²) >= 11 is 0. The Morgan fingerprint density at radius 1 is 0.897 bits per heavy atom. The van der Waals surface area contributed by atoms with Crippen LogP contribution in [0.1, 0.15) is 52.5 Å². The number of nitrogens with two attached hydrogens (primary N) is 1. The molecule has 8 N–H and O–H groups in total. The Morgan fingerprint density at radius 2 is 1.49 bits per heavy atom. The molecule has 0 aliphatic rings. The summed E-state index contributed by atoms with van der Waals surface area (Å²) in [6, 6.07) is 2.48. The van der Waals surface area contributed by atoms with Gasteiger partial charge in [-0.3, -0.25) is 19.2 Å². The van der Waals surface area contributed by atoms with Gasteiger partial charge in [-0.25, -0.2) is 4.79 Å². The molecule has 39 heavy (non-hydrogen) atoms. The smallest absolute Gasteiger partial charge is 0.326 e. The Kier molecular flexibility index (Phi) is 11.5. The van der Waals surface area contributed by atoms with Crippen molar-refractivity contribution in [3.8, 4) is 0 Å². The van der Waals surface area contributed by atoms with Gasteiger partial charge in [0.2, 0.25) is 17.7 Å². The second kappa shape index (κ2) is 14.3. The molecule has 5 unspecified atom stereocenters. The number of para-hydroxylation sites is 1. The van der Waals surface area contributed by atoms with E-state index in [-0.39, 0.29) is 24.7 Å². The number of carboxylic acids is 2. The van der Waals surface area contributed by atoms with Crippen molar-refractivity contribution in [3.05, 3.63) is 36.0 Å². The van der Waals surface area contributed by atoms with Gasteiger partial charge in [0.1, 0.15) is 18.1 Å². The lowest BCUT2D eigenvalue weighted by molar-refractivity contribution is -0.143. The van der Waals surface area contributed by atoms with E-state index in [1.807, 2.05) is 45.0 Å². The highest BCUT2D eigenvalue weighted by Gasteiger charge is 2.32. The maximum absolute atomic E-state index is 13.2. The average molecular weight is 546 g/mol. The molecule has 1 heterocycles. The molecule has 12 nitrogen and oxygen atoms in total. The van der Waals surface area contributed by atoms with Crippen LogP contribution in [-0.4, -0.2) is 69.0 Å². The van der Waals surface area contributed by atoms with E-state index in [9.17, 15) is 34.2 Å². The predicted octanol–water partition coefficient (Wildman–Crippen LogP) is 1.14. The average Bonchev–Trinajstić information content (AvgIpc) is 3.28. The molecule has 214 valence electrons. The number of carbonyl (C=O) groups is 5. The summed E-state index contributed by atoms with van der Waals surface area (Å²) < 4.78 is 0. The molecule has 0 fully saturated rings. The van der Waals surface area contributed by atoms with Crippen molar-refractivity contribution < 1.29 is 34.2 Å². The van der Waals surface area contributed by atoms with Crippen LogP contribution in [-0.2, 0) is 30.4 Å². The first kappa shape index (κ1) is 31.3. The number of amides is 3. The SMILES string of the molecule is CCC(C)C(N)C(=O)NC(CC(=O)O)C(=O)NC(CC(C)C)C(=O)NC(Cc1c[nH]c2ccccc12)C(=O)O. The van der Waals surface area contributed by atoms with Crippen molar-refractivity contribution in [1.82, 2.24) is 20.9 Å². The lowest BCUT2D eigenvalue weighted by Crippen LogP contribution is -2.58. The third-order valence-electron chi connectivity index (χ3n) is 6.63. The van der Waals surface area contributed by atoms with Crippen LogP contribution in [0.3, 0.4) is 0 Å². The topological polar surface area (TPSA) is 204 Å². The first-order valence-corrected chi connectivity index (χ1v) is 13.0. The Hall–Kier alpha value is -3.93. The molecule has 0 radical (unpaired) electrons. The van der Waals surface area contributed by atoms with Gasteiger partial charge in [0.05, 0.1) is 12.5 Å². The summed E-state index contributed by atoms with van der Waals surface area (Å²) in [4.78, 5) is 65.3. The summed E-state index contributed by atoms with van der Waals surface area (Å²) in [6.45, 7) is 7.23. The molecule has 0 saturated heterocycles. The summed E-state index contributed by atoms with van der Waals surface area (Å²) in [5.41, 5.74) is 7.45. The minimum Gasteiger partial charge on any atom is -0.481 e. The zero-order valence-corrected chi connectivity index (χ0v) is 22.7. The quantitative estimate of drug-likeness (QED) is 0.172. The molecule has 3 amide bonds. The van der Waals surface area contributed by atoms with E-state index < -0.39 is 60.2 Å². The number of hydrogen-bond acceptors (Lipinski definition) is 6. The molecule has 12 heteroatoms. The summed E-state index contributed by atoms with van der Waals surface area (Å²) in [5, 5.41) is 27.3. The first-order valence-electron chi connectivity index (χ1n) is 13.0. The standard InChI is InChI=1S/C27H39N5O7/c1-5-15(4)23(28)26(37)31-20(12-22(33)34)25(36)30-19(10-14(2)3)24(35)32-21(27(38)39)11-16-13-29-18-9-7-6-8-17(16)18/h6-9,13-15,19-21,23,29H,5,10-12,28H2,1-4H3,(H,30,36)(H,31,37)(H,32,35)(H,33,34)(H,38,39). The van der Waals surface area contributed by atoms with Crippen LogP contribution < -0.4 is 21.7 Å². The molecular formula is C27H39N5O7. The minimum absolute atomic E-state index is 0.00136. The number of fused-ring (bicyclic) bond motifs is 1. The number of carboxylic acid groups (broad SMARTS) is 2. The van der Waals surface area contributed by atoms with E-state index in [0.717, 1.165) is 10.9 Å². The number of benzene rings is 1. The highest BCUT2D eigenvalue weighted by atomic mass is 16.4. The molecule has 1 aromatic heterocycles. The second-order valence-corrected chi connectivity index (χ2v) is 10.2. The minimum atomic E-state index is -1.48. The highest BCUT2D eigenvalue weighted by molar-refractivity contribution is 5.96. The van der Waals surface area contributed by atoms with Gasteiger partial charge in [-0.1, -0.05) is 52.3 Å². The van der Waals surface area contributed by atoms with E-state index in [4.69, 9.17) is 5.73 Å². The van der Waals surface area contributed by atoms with E-state index >= 15 is 0 Å². The van der Waals surface area contributed by atoms with Gasteiger partial charge in [-0.15, -0.1) is 0 Å². The summed E-state index contributed by atoms with van der Waals surface area (Å²) in [5.74, 6) is -5.17. The Morgan fingerprint density at radius 3 is 2.08 bits per heavy atom. The summed E-state index contributed by atoms with van der Waals surface area (Å²) in [7, 11) is 0. The largest absolute Gasteiger partial charge is 0.481 e. The van der Waals surface area contributed by atoms with Gasteiger partial charge in [0.25, 0.3) is 0 Å². The van der Waals surface area contributed by atoms with Crippen molar-refractivity contribution >= 4 is 40.6 Å². The third kappa shape index (κ3) is 9.10. The number of hydrogen-bond donors (Lipinski definition) is 7. The van der Waals surface area contributed by atoms with Crippen molar-refractivity contribution in [1.29, 1.82) is 0 Å². The fourth-order valence-corrected chi connectivity index (χ4v) is 4.13. The third-order valence-corrected chi connectivity index (χ3v) is 6.63. The Balaban J connectivity index is 2.19. The summed E-state index contributed by atoms with van der Waals surface area (Å²) in [6.07, 6.45) is 1.71. The zero-order chi connectivity index (χ0) is 29.3. The molecule has 0 aliphatic carbocycles. The lowest BCUT2D eigenvalue weighted by Gasteiger charge is -2.26. The fourth-order valence-electron chi connectivity index (χ4n) is 4.13. The number of aromatic nitrogens is 1. The first-order chi connectivity index (χ1) is 18.3. The van der Waals surface area contributed by atoms with Crippen molar-refractivity contribution in [3.63, 3.8) is 0 Å². The fraction of sp³-hybridized carbons (Fsp3) is 0.519. The van der Waals surface area contributed by atoms with E-state index in [2.05, 4.69) is 20.9 Å². The molecule has 1 aromatic carbocycles. The molecule has 2 aromatic rings. The lowest BCUT2D eigenvalue weighted by atomic mass is 9.98. The molecule has 0 spiro atoms. The van der Waals surface area contributed by atoms with Crippen molar-refractivity contribution in [2.24, 2.45) is 17.6 Å². The van der Waals surface area contributed by atoms with Crippen LogP contribution in [0.25, 0.3) is 10.9 Å². The molecular weight excluding hydrogens is 506 g/mol. The second-order valence-electron chi connectivity index (χ2n) is 10.2. The van der Waals surface area contributed by atoms with Gasteiger partial charge in [-0.2, -0.15) is 0 Å². The van der Waals surface area contributed by atoms with E-state index in [1.165, 1.54) is 0 Å². The van der Waals surface area contributed by atoms with Crippen LogP contribution in [0.5, 0.6) is 0 Å². The van der Waals surface area contributed by atoms with Crippen molar-refractivity contribution in [2.45, 2.75) is 77.5 Å². The van der Waals surface area contributed by atoms with Crippen molar-refractivity contribution in [2.75, 3.05) is 0 Å². The Bertz CT molecular complexity index is 1180. The van der Waals surface area contributed by atoms with E-state index in [1.54, 1.807) is 13.1 Å². The van der Waals surface area contributed by atoms with Crippen LogP contribution in [0.2, 0.25) is 0 Å². The van der Waals surface area contributed by atoms with Gasteiger partial charge in [-0.05, 0) is 29.9 Å². The molecule has 0 bridgehead atoms. The number of carbonyl (C=O) groups excluding carboxylic acids is 3. The number of aromatic amines is 1. The predicted molar refractivity (Wildman–Crippen MR) is 145 cm³/mol. The van der Waals surface area contributed by atoms with E-state index in [0.29, 0.717) is 12.0 Å². The van der Waals surface area contributed by atoms with Gasteiger partial charge < -0.3 is 36.9 Å². The van der Waals surface area contributed by atoms with Gasteiger partial charge in [0.15, 0.2) is 0 Å². The molecule has 5 atom stereocenters. The van der Waals surface area contributed by atoms with Crippen LogP contribution in [0, 0.1) is 11.8 Å². The van der Waals surface area contributed by atoms with Gasteiger partial charge in [0, 0.05) is 23.5 Å². The maximum Gasteiger partial charge on any atom is 0.326 e. The monoisotopic (exact) mass is 545 g/mol. The van der Waals surface area contributed by atoms with Crippen LogP contribution >= 0.6 is 0 Å². The van der Waals surface area contributed by atoms with Crippen LogP contribution in [0.15, 0.2) is 30.5 Å². The number of nitrogens with one attached hydrogen (secondary N) is 4. The normalized spacial score (nSPS) is 15.1. The number of aliphatic carboxylic acids is 2. The zero-order valence-electron chi connectivity index (χ0n) is 22.7. The molecule has 0 saturated carbocycles. The highest BCUT2D eigenvalue weighted by Crippen LogP contribution is 2.19. The molecule has 2 rings (SSSR count). The Labute approximate surface area is 227 Å².